The molecule has 2 saturated heterocycles. The van der Waals surface area contributed by atoms with Crippen LogP contribution in [0.25, 0.3) is 0 Å². The second kappa shape index (κ2) is 8.43. The molecule has 1 aromatic carbocycles. The molecule has 1 amide bonds. The average molecular weight is 456 g/mol. The molecule has 0 spiro atoms. The van der Waals surface area contributed by atoms with Crippen LogP contribution in [-0.4, -0.2) is 69.2 Å². The number of nitrogens with zero attached hydrogens (tertiary/aromatic N) is 2. The molecule has 7 heteroatoms. The van der Waals surface area contributed by atoms with Crippen LogP contribution in [0.2, 0.25) is 0 Å². The molecule has 0 radical (unpaired) electrons. The monoisotopic (exact) mass is 455 g/mol. The second-order valence-electron chi connectivity index (χ2n) is 11.3. The van der Waals surface area contributed by atoms with Crippen molar-refractivity contribution in [3.8, 4) is 0 Å². The summed E-state index contributed by atoms with van der Waals surface area (Å²) in [6.07, 6.45) is 6.66. The van der Waals surface area contributed by atoms with Crippen LogP contribution in [0, 0.1) is 17.3 Å². The van der Waals surface area contributed by atoms with Crippen molar-refractivity contribution < 1.29 is 19.4 Å². The lowest BCUT2D eigenvalue weighted by molar-refractivity contribution is -0.167. The fourth-order valence-corrected chi connectivity index (χ4v) is 7.85. The van der Waals surface area contributed by atoms with Gasteiger partial charge in [0.2, 0.25) is 5.91 Å². The van der Waals surface area contributed by atoms with Gasteiger partial charge in [-0.25, -0.2) is 0 Å². The van der Waals surface area contributed by atoms with E-state index in [0.29, 0.717) is 31.5 Å². The van der Waals surface area contributed by atoms with E-state index in [0.717, 1.165) is 82.9 Å². The van der Waals surface area contributed by atoms with Gasteiger partial charge in [-0.3, -0.25) is 4.79 Å². The molecule has 33 heavy (non-hydrogen) atoms. The quantitative estimate of drug-likeness (QED) is 0.711. The minimum absolute atomic E-state index is 0.0181. The van der Waals surface area contributed by atoms with Crippen LogP contribution < -0.4 is 15.1 Å². The molecule has 180 valence electrons. The second-order valence-corrected chi connectivity index (χ2v) is 11.3. The van der Waals surface area contributed by atoms with Crippen molar-refractivity contribution in [2.75, 3.05) is 67.7 Å². The highest BCUT2D eigenvalue weighted by Gasteiger charge is 2.57. The van der Waals surface area contributed by atoms with E-state index in [1.54, 1.807) is 0 Å². The number of hydrogen-bond donors (Lipinski definition) is 2. The molecule has 2 N–H and O–H groups in total. The number of nitrogens with one attached hydrogen (secondary N) is 1. The van der Waals surface area contributed by atoms with Crippen molar-refractivity contribution in [1.82, 2.24) is 0 Å². The lowest BCUT2D eigenvalue weighted by Crippen LogP contribution is -2.56. The maximum absolute atomic E-state index is 13.4. The summed E-state index contributed by atoms with van der Waals surface area (Å²) in [6, 6.07) is 6.42. The fraction of sp³-hybridized carbons (Fsp3) is 0.731. The first kappa shape index (κ1) is 21.7. The minimum atomic E-state index is -0.525. The highest BCUT2D eigenvalue weighted by atomic mass is 16.5. The Morgan fingerprint density at radius 2 is 1.61 bits per heavy atom. The van der Waals surface area contributed by atoms with Gasteiger partial charge in [-0.15, -0.1) is 0 Å². The van der Waals surface area contributed by atoms with Crippen molar-refractivity contribution >= 4 is 23.0 Å². The van der Waals surface area contributed by atoms with E-state index in [2.05, 4.69) is 33.3 Å². The lowest BCUT2D eigenvalue weighted by atomic mass is 9.47. The highest BCUT2D eigenvalue weighted by Crippen LogP contribution is 2.62. The average Bonchev–Trinajstić information content (AvgIpc) is 2.78. The van der Waals surface area contributed by atoms with Crippen molar-refractivity contribution in [1.29, 1.82) is 0 Å². The van der Waals surface area contributed by atoms with E-state index in [1.807, 2.05) is 0 Å². The predicted octanol–water partition coefficient (Wildman–Crippen LogP) is 3.02. The molecular formula is C26H37N3O4. The number of carbonyl (C=O) groups excluding carboxylic acids is 1. The van der Waals surface area contributed by atoms with Gasteiger partial charge < -0.3 is 29.7 Å². The first-order valence-corrected chi connectivity index (χ1v) is 12.8. The van der Waals surface area contributed by atoms with Gasteiger partial charge in [0.15, 0.2) is 0 Å². The van der Waals surface area contributed by atoms with Gasteiger partial charge in [0.25, 0.3) is 0 Å². The third kappa shape index (κ3) is 4.35. The van der Waals surface area contributed by atoms with Gasteiger partial charge >= 0.3 is 0 Å². The van der Waals surface area contributed by atoms with Crippen molar-refractivity contribution in [3.63, 3.8) is 0 Å². The van der Waals surface area contributed by atoms with Crippen molar-refractivity contribution in [2.24, 2.45) is 17.3 Å². The molecule has 4 saturated carbocycles. The van der Waals surface area contributed by atoms with Crippen LogP contribution in [0.5, 0.6) is 0 Å². The smallest absolute Gasteiger partial charge is 0.224 e. The molecule has 2 unspecified atom stereocenters. The molecule has 6 aliphatic rings. The molecule has 0 aromatic heterocycles. The zero-order valence-corrected chi connectivity index (χ0v) is 19.6. The van der Waals surface area contributed by atoms with Gasteiger partial charge in [-0.05, 0) is 74.0 Å². The van der Waals surface area contributed by atoms with Crippen LogP contribution in [0.15, 0.2) is 18.2 Å². The Bertz CT molecular complexity index is 880. The first-order chi connectivity index (χ1) is 16.0. The Hall–Kier alpha value is -1.83. The molecule has 2 heterocycles. The van der Waals surface area contributed by atoms with E-state index in [-0.39, 0.29) is 11.3 Å². The Labute approximate surface area is 196 Å². The number of rotatable bonds is 5. The number of amides is 1. The standard InChI is InChI=1S/C26H37N3O4/c30-24(17-25-13-19-11-20(14-25)16-26(31,15-19)18-25)27-22-2-1-21(28-3-7-32-8-4-28)12-23(22)29-5-9-33-10-6-29/h1-2,12,19-20,31H,3-11,13-18H2,(H,27,30). The number of benzene rings is 1. The third-order valence-corrected chi connectivity index (χ3v) is 8.67. The lowest BCUT2D eigenvalue weighted by Gasteiger charge is -2.60. The van der Waals surface area contributed by atoms with E-state index in [4.69, 9.17) is 9.47 Å². The Kier molecular flexibility index (Phi) is 5.54. The number of carbonyl (C=O) groups is 1. The van der Waals surface area contributed by atoms with Crippen molar-refractivity contribution in [2.45, 2.75) is 50.5 Å². The van der Waals surface area contributed by atoms with Gasteiger partial charge in [-0.2, -0.15) is 0 Å². The van der Waals surface area contributed by atoms with Crippen molar-refractivity contribution in [3.05, 3.63) is 18.2 Å². The van der Waals surface area contributed by atoms with E-state index in [1.165, 1.54) is 12.1 Å². The van der Waals surface area contributed by atoms with Gasteiger partial charge in [-0.1, -0.05) is 0 Å². The summed E-state index contributed by atoms with van der Waals surface area (Å²) in [7, 11) is 0. The van der Waals surface area contributed by atoms with Crippen LogP contribution >= 0.6 is 0 Å². The maximum atomic E-state index is 13.4. The topological polar surface area (TPSA) is 74.3 Å². The number of morpholine rings is 2. The van der Waals surface area contributed by atoms with E-state index < -0.39 is 5.60 Å². The molecule has 2 aliphatic heterocycles. The summed E-state index contributed by atoms with van der Waals surface area (Å²) in [6.45, 7) is 6.36. The Balaban J connectivity index is 1.21. The first-order valence-electron chi connectivity index (χ1n) is 12.8. The Morgan fingerprint density at radius 3 is 2.24 bits per heavy atom. The van der Waals surface area contributed by atoms with Crippen LogP contribution in [-0.2, 0) is 14.3 Å². The highest BCUT2D eigenvalue weighted by molar-refractivity contribution is 5.95. The zero-order valence-electron chi connectivity index (χ0n) is 19.6. The van der Waals surface area contributed by atoms with Gasteiger partial charge in [0, 0.05) is 38.3 Å². The molecule has 1 aromatic rings. The van der Waals surface area contributed by atoms with Gasteiger partial charge in [0.05, 0.1) is 43.4 Å². The summed E-state index contributed by atoms with van der Waals surface area (Å²) in [5.74, 6) is 1.29. The summed E-state index contributed by atoms with van der Waals surface area (Å²) in [4.78, 5) is 18.0. The SMILES string of the molecule is O=C(CC12CC3CC(CC(O)(C3)C1)C2)Nc1ccc(N2CCOCC2)cc1N1CCOCC1. The number of aliphatic hydroxyl groups is 1. The molecule has 6 fully saturated rings. The predicted molar refractivity (Wildman–Crippen MR) is 128 cm³/mol. The number of anilines is 3. The zero-order chi connectivity index (χ0) is 22.5. The molecule has 4 aliphatic carbocycles. The van der Waals surface area contributed by atoms with Crippen LogP contribution in [0.4, 0.5) is 17.1 Å². The Morgan fingerprint density at radius 1 is 0.970 bits per heavy atom. The van der Waals surface area contributed by atoms with Crippen LogP contribution in [0.1, 0.15) is 44.9 Å². The molecule has 7 rings (SSSR count). The maximum Gasteiger partial charge on any atom is 0.224 e. The van der Waals surface area contributed by atoms with Gasteiger partial charge in [0.1, 0.15) is 0 Å². The van der Waals surface area contributed by atoms with E-state index >= 15 is 0 Å². The van der Waals surface area contributed by atoms with Crippen LogP contribution in [0.3, 0.4) is 0 Å². The normalized spacial score (nSPS) is 35.7. The number of hydrogen-bond acceptors (Lipinski definition) is 6. The summed E-state index contributed by atoms with van der Waals surface area (Å²) < 4.78 is 11.1. The molecule has 2 atom stereocenters. The summed E-state index contributed by atoms with van der Waals surface area (Å²) in [5.41, 5.74) is 2.61. The largest absolute Gasteiger partial charge is 0.390 e. The molecule has 7 nitrogen and oxygen atoms in total. The molecule has 4 bridgehead atoms. The van der Waals surface area contributed by atoms with E-state index in [9.17, 15) is 9.90 Å². The summed E-state index contributed by atoms with van der Waals surface area (Å²) >= 11 is 0. The number of ether oxygens (including phenoxy) is 2. The fourth-order valence-electron chi connectivity index (χ4n) is 7.85. The third-order valence-electron chi connectivity index (χ3n) is 8.67. The molecular weight excluding hydrogens is 418 g/mol. The minimum Gasteiger partial charge on any atom is -0.390 e. The summed E-state index contributed by atoms with van der Waals surface area (Å²) in [5, 5.41) is 14.4.